The molecule has 0 radical (unpaired) electrons. The van der Waals surface area contributed by atoms with Crippen LogP contribution in [0.25, 0.3) is 0 Å². The molecule has 0 aromatic carbocycles. The fraction of sp³-hybridized carbons (Fsp3) is 0.286. The molecular formula is C14H18N2. The molecule has 0 aromatic heterocycles. The maximum Gasteiger partial charge on any atom is 0.0297 e. The van der Waals surface area contributed by atoms with E-state index in [0.29, 0.717) is 5.92 Å². The van der Waals surface area contributed by atoms with Crippen molar-refractivity contribution >= 4 is 0 Å². The van der Waals surface area contributed by atoms with Crippen molar-refractivity contribution in [3.63, 3.8) is 0 Å². The molecule has 84 valence electrons. The van der Waals surface area contributed by atoms with E-state index in [1.807, 2.05) is 12.2 Å². The van der Waals surface area contributed by atoms with Gasteiger partial charge in [0.2, 0.25) is 0 Å². The van der Waals surface area contributed by atoms with Crippen LogP contribution in [0.4, 0.5) is 0 Å². The van der Waals surface area contributed by atoms with Crippen molar-refractivity contribution in [2.24, 2.45) is 11.8 Å². The first-order valence-corrected chi connectivity index (χ1v) is 5.71. The first-order valence-electron chi connectivity index (χ1n) is 5.71. The van der Waals surface area contributed by atoms with E-state index in [2.05, 4.69) is 36.3 Å². The summed E-state index contributed by atoms with van der Waals surface area (Å²) < 4.78 is 0. The van der Waals surface area contributed by atoms with Crippen LogP contribution in [0.5, 0.6) is 0 Å². The normalized spacial score (nSPS) is 31.9. The van der Waals surface area contributed by atoms with Crippen LogP contribution in [0.2, 0.25) is 0 Å². The van der Waals surface area contributed by atoms with Gasteiger partial charge in [0.25, 0.3) is 0 Å². The zero-order chi connectivity index (χ0) is 11.4. The summed E-state index contributed by atoms with van der Waals surface area (Å²) in [6, 6.07) is 0. The summed E-state index contributed by atoms with van der Waals surface area (Å²) in [5.41, 5.74) is 6.21. The van der Waals surface area contributed by atoms with Gasteiger partial charge in [-0.25, -0.2) is 0 Å². The van der Waals surface area contributed by atoms with Crippen molar-refractivity contribution in [2.75, 3.05) is 0 Å². The van der Waals surface area contributed by atoms with Crippen LogP contribution in [0.15, 0.2) is 59.9 Å². The molecule has 0 unspecified atom stereocenters. The molecule has 16 heavy (non-hydrogen) atoms. The van der Waals surface area contributed by atoms with Crippen LogP contribution in [0.3, 0.4) is 0 Å². The van der Waals surface area contributed by atoms with Crippen LogP contribution in [-0.2, 0) is 0 Å². The minimum atomic E-state index is 0.704. The summed E-state index contributed by atoms with van der Waals surface area (Å²) in [6.07, 6.45) is 15.8. The van der Waals surface area contributed by atoms with Crippen LogP contribution >= 0.6 is 0 Å². The summed E-state index contributed by atoms with van der Waals surface area (Å²) >= 11 is 0. The Labute approximate surface area is 96.9 Å². The maximum atomic E-state index is 5.46. The maximum absolute atomic E-state index is 5.46. The molecule has 0 aliphatic heterocycles. The van der Waals surface area contributed by atoms with Gasteiger partial charge in [0.05, 0.1) is 0 Å². The van der Waals surface area contributed by atoms with E-state index >= 15 is 0 Å². The second-order valence-electron chi connectivity index (χ2n) is 4.25. The first-order chi connectivity index (χ1) is 7.81. The summed E-state index contributed by atoms with van der Waals surface area (Å²) in [4.78, 5) is 0. The van der Waals surface area contributed by atoms with Crippen molar-refractivity contribution in [2.45, 2.75) is 19.3 Å². The van der Waals surface area contributed by atoms with Gasteiger partial charge in [-0.15, -0.1) is 0 Å². The number of hydrazine groups is 1. The third kappa shape index (κ3) is 2.74. The predicted octanol–water partition coefficient (Wildman–Crippen LogP) is 2.74. The van der Waals surface area contributed by atoms with Crippen molar-refractivity contribution in [1.29, 1.82) is 0 Å². The van der Waals surface area contributed by atoms with Gasteiger partial charge in [-0.3, -0.25) is 5.84 Å². The Bertz CT molecular complexity index is 393. The quantitative estimate of drug-likeness (QED) is 0.548. The number of rotatable bonds is 2. The fourth-order valence-corrected chi connectivity index (χ4v) is 1.81. The Morgan fingerprint density at radius 2 is 2.06 bits per heavy atom. The van der Waals surface area contributed by atoms with E-state index in [0.717, 1.165) is 17.7 Å². The van der Waals surface area contributed by atoms with Crippen molar-refractivity contribution in [3.05, 3.63) is 59.9 Å². The molecule has 2 aliphatic rings. The third-order valence-corrected chi connectivity index (χ3v) is 2.92. The number of nitrogens with one attached hydrogen (secondary N) is 1. The lowest BCUT2D eigenvalue weighted by molar-refractivity contribution is 0.851. The zero-order valence-electron chi connectivity index (χ0n) is 9.45. The molecule has 2 nitrogen and oxygen atoms in total. The molecule has 0 amide bonds. The van der Waals surface area contributed by atoms with Gasteiger partial charge >= 0.3 is 0 Å². The van der Waals surface area contributed by atoms with Crippen molar-refractivity contribution < 1.29 is 0 Å². The lowest BCUT2D eigenvalue weighted by Crippen LogP contribution is -2.20. The average molecular weight is 214 g/mol. The Kier molecular flexibility index (Phi) is 3.42. The predicted molar refractivity (Wildman–Crippen MR) is 68.3 cm³/mol. The molecule has 3 N–H and O–H groups in total. The lowest BCUT2D eigenvalue weighted by atomic mass is 10.0. The molecule has 0 aromatic rings. The molecule has 0 bridgehead atoms. The Morgan fingerprint density at radius 1 is 1.25 bits per heavy atom. The Morgan fingerprint density at radius 3 is 2.75 bits per heavy atom. The molecular weight excluding hydrogens is 196 g/mol. The highest BCUT2D eigenvalue weighted by molar-refractivity contribution is 5.44. The monoisotopic (exact) mass is 214 g/mol. The van der Waals surface area contributed by atoms with Gasteiger partial charge in [-0.2, -0.15) is 0 Å². The SMILES string of the molecule is C=C1/C=C\C=C/C/C(NN)=C\C=C/1C1CC1. The van der Waals surface area contributed by atoms with Gasteiger partial charge in [0.1, 0.15) is 0 Å². The molecule has 0 heterocycles. The van der Waals surface area contributed by atoms with Crippen molar-refractivity contribution in [3.8, 4) is 0 Å². The number of nitrogens with two attached hydrogens (primary N) is 1. The molecule has 1 saturated carbocycles. The summed E-state index contributed by atoms with van der Waals surface area (Å²) in [5.74, 6) is 6.17. The van der Waals surface area contributed by atoms with Gasteiger partial charge < -0.3 is 5.43 Å². The highest BCUT2D eigenvalue weighted by atomic mass is 15.2. The van der Waals surface area contributed by atoms with Gasteiger partial charge in [-0.05, 0) is 36.0 Å². The van der Waals surface area contributed by atoms with Crippen LogP contribution < -0.4 is 11.3 Å². The van der Waals surface area contributed by atoms with Crippen molar-refractivity contribution in [1.82, 2.24) is 5.43 Å². The molecule has 1 fully saturated rings. The second-order valence-corrected chi connectivity index (χ2v) is 4.25. The smallest absolute Gasteiger partial charge is 0.0297 e. The van der Waals surface area contributed by atoms with Gasteiger partial charge in [-0.1, -0.05) is 37.0 Å². The number of allylic oxidation sites excluding steroid dienone is 8. The standard InChI is InChI=1S/C14H18N2/c1-11-5-3-2-4-6-13(16-15)9-10-14(11)12-7-8-12/h2-5,9-10,12,16H,1,6-8,15H2/b4-2-,5-3-,13-9+,14-10+. The first kappa shape index (κ1) is 11.0. The molecule has 0 atom stereocenters. The van der Waals surface area contributed by atoms with E-state index in [4.69, 9.17) is 5.84 Å². The molecule has 0 saturated heterocycles. The summed E-state index contributed by atoms with van der Waals surface area (Å²) in [6.45, 7) is 4.11. The number of hydrogen-bond donors (Lipinski definition) is 2. The second kappa shape index (κ2) is 4.99. The van der Waals surface area contributed by atoms with Crippen LogP contribution in [0.1, 0.15) is 19.3 Å². The molecule has 2 aliphatic carbocycles. The fourth-order valence-electron chi connectivity index (χ4n) is 1.81. The minimum Gasteiger partial charge on any atom is -0.328 e. The Balaban J connectivity index is 2.27. The highest BCUT2D eigenvalue weighted by Gasteiger charge is 2.26. The topological polar surface area (TPSA) is 38.0 Å². The third-order valence-electron chi connectivity index (χ3n) is 2.92. The summed E-state index contributed by atoms with van der Waals surface area (Å²) in [7, 11) is 0. The van der Waals surface area contributed by atoms with E-state index in [1.165, 1.54) is 18.4 Å². The lowest BCUT2D eigenvalue weighted by Gasteiger charge is -2.07. The molecule has 2 heteroatoms. The number of hydrogen-bond acceptors (Lipinski definition) is 2. The van der Waals surface area contributed by atoms with E-state index in [1.54, 1.807) is 0 Å². The molecule has 0 spiro atoms. The zero-order valence-corrected chi connectivity index (χ0v) is 9.45. The largest absolute Gasteiger partial charge is 0.328 e. The van der Waals surface area contributed by atoms with E-state index in [-0.39, 0.29) is 0 Å². The minimum absolute atomic E-state index is 0.704. The Hall–Kier alpha value is -1.54. The van der Waals surface area contributed by atoms with E-state index in [9.17, 15) is 0 Å². The summed E-state index contributed by atoms with van der Waals surface area (Å²) in [5, 5.41) is 0. The van der Waals surface area contributed by atoms with Crippen LogP contribution in [-0.4, -0.2) is 0 Å². The van der Waals surface area contributed by atoms with E-state index < -0.39 is 0 Å². The van der Waals surface area contributed by atoms with Crippen LogP contribution in [0, 0.1) is 5.92 Å². The van der Waals surface area contributed by atoms with Gasteiger partial charge in [0, 0.05) is 12.1 Å². The average Bonchev–Trinajstić information content (AvgIpc) is 3.10. The highest BCUT2D eigenvalue weighted by Crippen LogP contribution is 2.40. The molecule has 2 rings (SSSR count). The van der Waals surface area contributed by atoms with Gasteiger partial charge in [0.15, 0.2) is 0 Å².